The minimum Gasteiger partial charge on any atom is -0.491 e. The lowest BCUT2D eigenvalue weighted by molar-refractivity contribution is -0.136. The molecule has 4 amide bonds. The number of piperidine rings is 1. The molecule has 0 radical (unpaired) electrons. The molecule has 2 heterocycles. The predicted molar refractivity (Wildman–Crippen MR) is 99.1 cm³/mol. The third-order valence-corrected chi connectivity index (χ3v) is 4.47. The molecule has 0 aliphatic carbocycles. The van der Waals surface area contributed by atoms with Crippen molar-refractivity contribution in [2.75, 3.05) is 33.0 Å². The average Bonchev–Trinajstić information content (AvgIpc) is 2.94. The first-order chi connectivity index (χ1) is 14.0. The summed E-state index contributed by atoms with van der Waals surface area (Å²) in [5.41, 5.74) is 0.370. The van der Waals surface area contributed by atoms with E-state index in [2.05, 4.69) is 11.2 Å². The van der Waals surface area contributed by atoms with E-state index < -0.39 is 29.7 Å². The van der Waals surface area contributed by atoms with Gasteiger partial charge in [0.15, 0.2) is 0 Å². The summed E-state index contributed by atoms with van der Waals surface area (Å²) in [4.78, 5) is 49.6. The Morgan fingerprint density at radius 1 is 1.03 bits per heavy atom. The molecule has 2 aliphatic heterocycles. The average molecular weight is 400 g/mol. The highest BCUT2D eigenvalue weighted by Gasteiger charge is 2.44. The molecule has 3 rings (SSSR count). The minimum absolute atomic E-state index is 0.0753. The van der Waals surface area contributed by atoms with Crippen molar-refractivity contribution in [3.63, 3.8) is 0 Å². The zero-order valence-corrected chi connectivity index (χ0v) is 15.6. The summed E-state index contributed by atoms with van der Waals surface area (Å²) < 4.78 is 16.0. The summed E-state index contributed by atoms with van der Waals surface area (Å²) in [5.74, 6) is 0.569. The van der Waals surface area contributed by atoms with Crippen LogP contribution in [0.4, 0.5) is 0 Å². The van der Waals surface area contributed by atoms with E-state index in [4.69, 9.17) is 20.6 Å². The largest absolute Gasteiger partial charge is 0.491 e. The summed E-state index contributed by atoms with van der Waals surface area (Å²) in [6.45, 7) is 1.55. The normalized spacial score (nSPS) is 18.4. The first-order valence-electron chi connectivity index (χ1n) is 9.10. The first-order valence-corrected chi connectivity index (χ1v) is 9.10. The number of amides is 4. The van der Waals surface area contributed by atoms with Gasteiger partial charge < -0.3 is 14.2 Å². The number of nitrogens with one attached hydrogen (secondary N) is 1. The molecule has 2 aliphatic rings. The van der Waals surface area contributed by atoms with Gasteiger partial charge in [-0.25, -0.2) is 0 Å². The molecule has 1 atom stereocenters. The van der Waals surface area contributed by atoms with E-state index in [0.717, 1.165) is 4.90 Å². The van der Waals surface area contributed by atoms with Crippen molar-refractivity contribution >= 4 is 23.6 Å². The Morgan fingerprint density at radius 3 is 2.52 bits per heavy atom. The molecular formula is C20H20N2O7. The van der Waals surface area contributed by atoms with Crippen molar-refractivity contribution in [2.24, 2.45) is 0 Å². The van der Waals surface area contributed by atoms with Crippen molar-refractivity contribution in [2.45, 2.75) is 18.9 Å². The molecule has 0 bridgehead atoms. The summed E-state index contributed by atoms with van der Waals surface area (Å²) >= 11 is 0. The van der Waals surface area contributed by atoms with Crippen LogP contribution in [0.15, 0.2) is 18.2 Å². The molecule has 9 heteroatoms. The monoisotopic (exact) mass is 400 g/mol. The Balaban J connectivity index is 1.56. The third kappa shape index (κ3) is 4.62. The first kappa shape index (κ1) is 20.5. The van der Waals surface area contributed by atoms with Crippen LogP contribution >= 0.6 is 0 Å². The van der Waals surface area contributed by atoms with Crippen LogP contribution in [0.1, 0.15) is 33.6 Å². The van der Waals surface area contributed by atoms with Crippen LogP contribution in [0, 0.1) is 12.3 Å². The molecule has 0 saturated carbocycles. The van der Waals surface area contributed by atoms with Gasteiger partial charge in [0.05, 0.1) is 30.9 Å². The number of carbonyl (C=O) groups is 4. The number of rotatable bonds is 9. The summed E-state index contributed by atoms with van der Waals surface area (Å²) in [5, 5.41) is 2.16. The second-order valence-corrected chi connectivity index (χ2v) is 6.37. The molecule has 0 spiro atoms. The van der Waals surface area contributed by atoms with E-state index in [-0.39, 0.29) is 37.2 Å². The second-order valence-electron chi connectivity index (χ2n) is 6.37. The number of carbonyl (C=O) groups excluding carboxylic acids is 4. The Labute approximate surface area is 167 Å². The molecular weight excluding hydrogens is 380 g/mol. The van der Waals surface area contributed by atoms with Gasteiger partial charge in [0.25, 0.3) is 11.8 Å². The van der Waals surface area contributed by atoms with Gasteiger partial charge in [0.1, 0.15) is 25.0 Å². The molecule has 29 heavy (non-hydrogen) atoms. The second kappa shape index (κ2) is 9.32. The lowest BCUT2D eigenvalue weighted by Crippen LogP contribution is -2.54. The van der Waals surface area contributed by atoms with Gasteiger partial charge in [-0.15, -0.1) is 6.42 Å². The maximum absolute atomic E-state index is 12.7. The van der Waals surface area contributed by atoms with Crippen LogP contribution in [0.2, 0.25) is 0 Å². The van der Waals surface area contributed by atoms with Crippen LogP contribution in [-0.4, -0.2) is 67.6 Å². The SMILES string of the molecule is C#CCOCCOCCOc1ccc2c(c1)C(=O)N(C1CCC(=O)NC1=O)C2=O. The molecule has 9 nitrogen and oxygen atoms in total. The topological polar surface area (TPSA) is 111 Å². The standard InChI is InChI=1S/C20H20N2O7/c1-2-7-27-8-9-28-10-11-29-13-3-4-14-15(12-13)20(26)22(19(14)25)16-5-6-17(23)21-18(16)24/h1,3-4,12,16H,5-11H2,(H,21,23,24). The maximum Gasteiger partial charge on any atom is 0.262 e. The van der Waals surface area contributed by atoms with Crippen LogP contribution < -0.4 is 10.1 Å². The summed E-state index contributed by atoms with van der Waals surface area (Å²) in [6.07, 6.45) is 5.25. The number of benzene rings is 1. The van der Waals surface area contributed by atoms with Crippen LogP contribution in [0.5, 0.6) is 5.75 Å². The van der Waals surface area contributed by atoms with Gasteiger partial charge >= 0.3 is 0 Å². The van der Waals surface area contributed by atoms with Crippen LogP contribution in [0.25, 0.3) is 0 Å². The van der Waals surface area contributed by atoms with Gasteiger partial charge in [-0.1, -0.05) is 5.92 Å². The van der Waals surface area contributed by atoms with Crippen molar-refractivity contribution in [3.05, 3.63) is 29.3 Å². The molecule has 1 aromatic carbocycles. The lowest BCUT2D eigenvalue weighted by Gasteiger charge is -2.27. The molecule has 152 valence electrons. The molecule has 1 saturated heterocycles. The lowest BCUT2D eigenvalue weighted by atomic mass is 10.0. The van der Waals surface area contributed by atoms with Gasteiger partial charge in [0, 0.05) is 6.42 Å². The van der Waals surface area contributed by atoms with Crippen molar-refractivity contribution < 1.29 is 33.4 Å². The zero-order valence-electron chi connectivity index (χ0n) is 15.6. The molecule has 1 aromatic rings. The number of fused-ring (bicyclic) bond motifs is 1. The molecule has 1 unspecified atom stereocenters. The van der Waals surface area contributed by atoms with Gasteiger partial charge in [-0.2, -0.15) is 0 Å². The number of nitrogens with zero attached hydrogens (tertiary/aromatic N) is 1. The highest BCUT2D eigenvalue weighted by atomic mass is 16.5. The highest BCUT2D eigenvalue weighted by molar-refractivity contribution is 6.23. The molecule has 1 N–H and O–H groups in total. The van der Waals surface area contributed by atoms with Crippen molar-refractivity contribution in [3.8, 4) is 18.1 Å². The molecule has 1 fully saturated rings. The fourth-order valence-electron chi connectivity index (χ4n) is 3.11. The number of imide groups is 2. The fourth-order valence-corrected chi connectivity index (χ4v) is 3.11. The molecule has 0 aromatic heterocycles. The van der Waals surface area contributed by atoms with E-state index in [9.17, 15) is 19.2 Å². The number of terminal acetylenes is 1. The van der Waals surface area contributed by atoms with Crippen LogP contribution in [-0.2, 0) is 19.1 Å². The Hall–Kier alpha value is -3.22. The van der Waals surface area contributed by atoms with Crippen molar-refractivity contribution in [1.82, 2.24) is 10.2 Å². The Kier molecular flexibility index (Phi) is 6.59. The van der Waals surface area contributed by atoms with Gasteiger partial charge in [0.2, 0.25) is 11.8 Å². The van der Waals surface area contributed by atoms with E-state index in [1.165, 1.54) is 12.1 Å². The maximum atomic E-state index is 12.7. The minimum atomic E-state index is -0.991. The van der Waals surface area contributed by atoms with E-state index in [0.29, 0.717) is 25.6 Å². The fraction of sp³-hybridized carbons (Fsp3) is 0.400. The van der Waals surface area contributed by atoms with Crippen LogP contribution in [0.3, 0.4) is 0 Å². The third-order valence-electron chi connectivity index (χ3n) is 4.47. The quantitative estimate of drug-likeness (QED) is 0.356. The number of hydrogen-bond donors (Lipinski definition) is 1. The van der Waals surface area contributed by atoms with Gasteiger partial charge in [-0.3, -0.25) is 29.4 Å². The Morgan fingerprint density at radius 2 is 1.76 bits per heavy atom. The number of hydrogen-bond acceptors (Lipinski definition) is 7. The van der Waals surface area contributed by atoms with E-state index >= 15 is 0 Å². The van der Waals surface area contributed by atoms with E-state index in [1.54, 1.807) is 6.07 Å². The smallest absolute Gasteiger partial charge is 0.262 e. The predicted octanol–water partition coefficient (Wildman–Crippen LogP) is 0.133. The zero-order chi connectivity index (χ0) is 20.8. The number of ether oxygens (including phenoxy) is 3. The Bertz CT molecular complexity index is 874. The van der Waals surface area contributed by atoms with Gasteiger partial charge in [-0.05, 0) is 24.6 Å². The highest BCUT2D eigenvalue weighted by Crippen LogP contribution is 2.30. The van der Waals surface area contributed by atoms with E-state index in [1.807, 2.05) is 0 Å². The summed E-state index contributed by atoms with van der Waals surface area (Å²) in [6, 6.07) is 3.55. The van der Waals surface area contributed by atoms with Crippen molar-refractivity contribution in [1.29, 1.82) is 0 Å². The summed E-state index contributed by atoms with van der Waals surface area (Å²) in [7, 11) is 0.